The van der Waals surface area contributed by atoms with Crippen LogP contribution in [-0.2, 0) is 16.4 Å². The Morgan fingerprint density at radius 2 is 1.75 bits per heavy atom. The van der Waals surface area contributed by atoms with Crippen LogP contribution in [-0.4, -0.2) is 28.1 Å². The van der Waals surface area contributed by atoms with Gasteiger partial charge >= 0.3 is 7.12 Å². The smallest absolute Gasteiger partial charge is 0.399 e. The summed E-state index contributed by atoms with van der Waals surface area (Å²) in [4.78, 5) is 0. The van der Waals surface area contributed by atoms with Crippen LogP contribution in [0.5, 0.6) is 0 Å². The van der Waals surface area contributed by atoms with E-state index in [-0.39, 0.29) is 0 Å². The van der Waals surface area contributed by atoms with Crippen LogP contribution < -0.4 is 5.46 Å². The fourth-order valence-corrected chi connectivity index (χ4v) is 1.57. The molecule has 4 nitrogen and oxygen atoms in total. The number of rotatable bonds is 1. The van der Waals surface area contributed by atoms with E-state index in [1.54, 1.807) is 7.05 Å². The van der Waals surface area contributed by atoms with Gasteiger partial charge in [0.15, 0.2) is 0 Å². The maximum atomic E-state index is 13.7. The van der Waals surface area contributed by atoms with Crippen LogP contribution >= 0.6 is 0 Å². The Kier molecular flexibility index (Phi) is 2.40. The van der Waals surface area contributed by atoms with Crippen molar-refractivity contribution in [2.45, 2.75) is 38.9 Å². The fourth-order valence-electron chi connectivity index (χ4n) is 1.57. The Morgan fingerprint density at radius 1 is 1.25 bits per heavy atom. The lowest BCUT2D eigenvalue weighted by molar-refractivity contribution is 0.00578. The molecule has 0 aliphatic carbocycles. The van der Waals surface area contributed by atoms with E-state index < -0.39 is 24.3 Å². The molecule has 0 saturated carbocycles. The summed E-state index contributed by atoms with van der Waals surface area (Å²) >= 11 is 0. The van der Waals surface area contributed by atoms with Crippen molar-refractivity contribution in [1.82, 2.24) is 9.78 Å². The van der Waals surface area contributed by atoms with Gasteiger partial charge in [0.2, 0.25) is 5.95 Å². The van der Waals surface area contributed by atoms with Crippen molar-refractivity contribution in [2.75, 3.05) is 0 Å². The average molecular weight is 226 g/mol. The number of halogens is 1. The molecule has 1 aromatic heterocycles. The molecule has 0 radical (unpaired) electrons. The van der Waals surface area contributed by atoms with E-state index in [4.69, 9.17) is 9.31 Å². The summed E-state index contributed by atoms with van der Waals surface area (Å²) in [5, 5.41) is 3.84. The second kappa shape index (κ2) is 3.31. The lowest BCUT2D eigenvalue weighted by atomic mass is 9.81. The second-order valence-corrected chi connectivity index (χ2v) is 5.10. The largest absolute Gasteiger partial charge is 0.501 e. The minimum atomic E-state index is -0.682. The Morgan fingerprint density at radius 3 is 2.12 bits per heavy atom. The Balaban J connectivity index is 2.30. The Hall–Kier alpha value is -0.875. The van der Waals surface area contributed by atoms with E-state index in [0.29, 0.717) is 5.46 Å². The summed E-state index contributed by atoms with van der Waals surface area (Å²) in [6, 6.07) is 0. The van der Waals surface area contributed by atoms with E-state index >= 15 is 0 Å². The minimum absolute atomic E-state index is 0.348. The average Bonchev–Trinajstić information content (AvgIpc) is 2.54. The SMILES string of the molecule is Cn1ncc(B2OC(C)(C)C(C)(C)O2)c1F. The molecule has 1 aliphatic rings. The highest BCUT2D eigenvalue weighted by atomic mass is 19.1. The van der Waals surface area contributed by atoms with Gasteiger partial charge < -0.3 is 9.31 Å². The Bertz CT molecular complexity index is 401. The lowest BCUT2D eigenvalue weighted by Gasteiger charge is -2.32. The first-order chi connectivity index (χ1) is 7.24. The molecule has 88 valence electrons. The first-order valence-electron chi connectivity index (χ1n) is 5.28. The van der Waals surface area contributed by atoms with Gasteiger partial charge in [-0.1, -0.05) is 0 Å². The molecule has 16 heavy (non-hydrogen) atoms. The molecule has 0 spiro atoms. The zero-order valence-corrected chi connectivity index (χ0v) is 10.2. The van der Waals surface area contributed by atoms with Gasteiger partial charge in [-0.15, -0.1) is 0 Å². The number of aromatic nitrogens is 2. The molecule has 0 aromatic carbocycles. The van der Waals surface area contributed by atoms with E-state index in [1.807, 2.05) is 27.7 Å². The highest BCUT2D eigenvalue weighted by molar-refractivity contribution is 6.62. The molecular formula is C10H16BFN2O2. The summed E-state index contributed by atoms with van der Waals surface area (Å²) in [5.41, 5.74) is -0.568. The van der Waals surface area contributed by atoms with Crippen LogP contribution in [0.3, 0.4) is 0 Å². The predicted octanol–water partition coefficient (Wildman–Crippen LogP) is 0.858. The summed E-state index contributed by atoms with van der Waals surface area (Å²) in [6.45, 7) is 7.73. The van der Waals surface area contributed by atoms with Gasteiger partial charge in [0.25, 0.3) is 0 Å². The first kappa shape index (κ1) is 11.6. The van der Waals surface area contributed by atoms with Gasteiger partial charge in [0.05, 0.1) is 22.9 Å². The monoisotopic (exact) mass is 226 g/mol. The van der Waals surface area contributed by atoms with Gasteiger partial charge in [-0.05, 0) is 27.7 Å². The van der Waals surface area contributed by atoms with Gasteiger partial charge in [-0.3, -0.25) is 0 Å². The van der Waals surface area contributed by atoms with Crippen LogP contribution in [0.1, 0.15) is 27.7 Å². The van der Waals surface area contributed by atoms with Crippen LogP contribution in [0.15, 0.2) is 6.20 Å². The van der Waals surface area contributed by atoms with Crippen molar-refractivity contribution in [3.8, 4) is 0 Å². The first-order valence-corrected chi connectivity index (χ1v) is 5.28. The lowest BCUT2D eigenvalue weighted by Crippen LogP contribution is -2.41. The fraction of sp³-hybridized carbons (Fsp3) is 0.700. The normalized spacial score (nSPS) is 22.8. The van der Waals surface area contributed by atoms with Crippen LogP contribution in [0.25, 0.3) is 0 Å². The van der Waals surface area contributed by atoms with Crippen molar-refractivity contribution >= 4 is 12.6 Å². The van der Waals surface area contributed by atoms with Crippen LogP contribution in [0, 0.1) is 5.95 Å². The minimum Gasteiger partial charge on any atom is -0.399 e. The molecule has 2 heterocycles. The van der Waals surface area contributed by atoms with Crippen molar-refractivity contribution < 1.29 is 13.7 Å². The van der Waals surface area contributed by atoms with E-state index in [2.05, 4.69) is 5.10 Å². The zero-order valence-electron chi connectivity index (χ0n) is 10.2. The summed E-state index contributed by atoms with van der Waals surface area (Å²) in [5.74, 6) is -0.418. The standard InChI is InChI=1S/C10H16BFN2O2/c1-9(2)10(3,4)16-11(15-9)7-6-13-14(5)8(7)12/h6H,1-5H3. The number of aryl methyl sites for hydroxylation is 1. The van der Waals surface area contributed by atoms with Gasteiger partial charge in [0, 0.05) is 7.05 Å². The van der Waals surface area contributed by atoms with Crippen molar-refractivity contribution in [2.24, 2.45) is 7.05 Å². The Labute approximate surface area is 94.9 Å². The van der Waals surface area contributed by atoms with Crippen LogP contribution in [0.2, 0.25) is 0 Å². The summed E-state index contributed by atoms with van der Waals surface area (Å²) in [6.07, 6.45) is 1.44. The van der Waals surface area contributed by atoms with Crippen molar-refractivity contribution in [1.29, 1.82) is 0 Å². The van der Waals surface area contributed by atoms with Gasteiger partial charge in [0.1, 0.15) is 0 Å². The molecule has 2 rings (SSSR count). The van der Waals surface area contributed by atoms with Crippen molar-refractivity contribution in [3.63, 3.8) is 0 Å². The molecule has 0 bridgehead atoms. The molecule has 1 aliphatic heterocycles. The molecular weight excluding hydrogens is 210 g/mol. The number of hydrogen-bond acceptors (Lipinski definition) is 3. The highest BCUT2D eigenvalue weighted by Gasteiger charge is 2.52. The topological polar surface area (TPSA) is 36.3 Å². The van der Waals surface area contributed by atoms with Gasteiger partial charge in [-0.2, -0.15) is 9.49 Å². The molecule has 0 amide bonds. The maximum Gasteiger partial charge on any atom is 0.501 e. The van der Waals surface area contributed by atoms with E-state index in [1.165, 1.54) is 10.9 Å². The molecule has 1 saturated heterocycles. The zero-order chi connectivity index (χ0) is 12.1. The third-order valence-corrected chi connectivity index (χ3v) is 3.40. The van der Waals surface area contributed by atoms with Crippen molar-refractivity contribution in [3.05, 3.63) is 12.1 Å². The molecule has 0 unspecified atom stereocenters. The summed E-state index contributed by atoms with van der Waals surface area (Å²) in [7, 11) is 0.864. The van der Waals surface area contributed by atoms with Crippen LogP contribution in [0.4, 0.5) is 4.39 Å². The molecule has 1 aromatic rings. The second-order valence-electron chi connectivity index (χ2n) is 5.10. The van der Waals surface area contributed by atoms with Gasteiger partial charge in [-0.25, -0.2) is 4.68 Å². The highest BCUT2D eigenvalue weighted by Crippen LogP contribution is 2.36. The third-order valence-electron chi connectivity index (χ3n) is 3.40. The summed E-state index contributed by atoms with van der Waals surface area (Å²) < 4.78 is 26.3. The molecule has 6 heteroatoms. The predicted molar refractivity (Wildman–Crippen MR) is 58.9 cm³/mol. The molecule has 1 fully saturated rings. The quantitative estimate of drug-likeness (QED) is 0.666. The van der Waals surface area contributed by atoms with E-state index in [9.17, 15) is 4.39 Å². The van der Waals surface area contributed by atoms with E-state index in [0.717, 1.165) is 0 Å². The molecule has 0 atom stereocenters. The third kappa shape index (κ3) is 1.56. The molecule has 0 N–H and O–H groups in total. The number of hydrogen-bond donors (Lipinski definition) is 0. The maximum absolute atomic E-state index is 13.7. The number of nitrogens with zero attached hydrogens (tertiary/aromatic N) is 2.